The molecule has 1 N–H and O–H groups in total. The van der Waals surface area contributed by atoms with E-state index in [1.807, 2.05) is 0 Å². The molecule has 0 heterocycles. The first-order valence-corrected chi connectivity index (χ1v) is 9.94. The summed E-state index contributed by atoms with van der Waals surface area (Å²) in [7, 11) is 0. The van der Waals surface area contributed by atoms with Crippen molar-refractivity contribution in [2.75, 3.05) is 0 Å². The highest BCUT2D eigenvalue weighted by Crippen LogP contribution is 2.06. The summed E-state index contributed by atoms with van der Waals surface area (Å²) in [6, 6.07) is 0. The normalized spacial score (nSPS) is 12.0. The van der Waals surface area contributed by atoms with Crippen molar-refractivity contribution in [3.05, 3.63) is 36.5 Å². The van der Waals surface area contributed by atoms with Gasteiger partial charge in [0.05, 0.1) is 0 Å². The molecule has 2 nitrogen and oxygen atoms in total. The molecule has 0 aliphatic carbocycles. The molecule has 0 aromatic heterocycles. The zero-order valence-electron chi connectivity index (χ0n) is 15.7. The van der Waals surface area contributed by atoms with Crippen LogP contribution in [0, 0.1) is 0 Å². The molecule has 0 saturated heterocycles. The van der Waals surface area contributed by atoms with Crippen LogP contribution in [0.3, 0.4) is 0 Å². The van der Waals surface area contributed by atoms with Gasteiger partial charge in [0.15, 0.2) is 0 Å². The molecule has 138 valence electrons. The summed E-state index contributed by atoms with van der Waals surface area (Å²) in [5, 5.41) is 8.53. The maximum absolute atomic E-state index is 10.4. The molecule has 0 aliphatic heterocycles. The molecule has 0 radical (unpaired) electrons. The summed E-state index contributed by atoms with van der Waals surface area (Å²) in [6.45, 7) is 2.25. The average Bonchev–Trinajstić information content (AvgIpc) is 2.56. The third-order valence-corrected chi connectivity index (χ3v) is 3.99. The van der Waals surface area contributed by atoms with E-state index in [1.165, 1.54) is 32.1 Å². The third-order valence-electron chi connectivity index (χ3n) is 3.99. The highest BCUT2D eigenvalue weighted by atomic mass is 16.4. The van der Waals surface area contributed by atoms with Crippen LogP contribution in [-0.2, 0) is 4.79 Å². The van der Waals surface area contributed by atoms with E-state index in [9.17, 15) is 4.79 Å². The maximum atomic E-state index is 10.4. The minimum Gasteiger partial charge on any atom is -0.481 e. The number of hydrogen-bond acceptors (Lipinski definition) is 1. The standard InChI is InChI=1S/C22H38O2/c1-2-3-4-5-6-7-8-9-10-11-12-13-14-15-16-17-18-19-20-21-22(23)24/h7-8,11-12,15-16H,2-6,9-10,13-14,17-21H2,1H3,(H,23,24)/b8-7+,12-11+,16-15+. The van der Waals surface area contributed by atoms with Gasteiger partial charge in [0.25, 0.3) is 0 Å². The van der Waals surface area contributed by atoms with Crippen LogP contribution in [0.25, 0.3) is 0 Å². The number of unbranched alkanes of at least 4 members (excludes halogenated alkanes) is 9. The zero-order chi connectivity index (χ0) is 17.7. The SMILES string of the molecule is CCCCCC/C=C/CC/C=C/CC/C=C/CCCCCC(=O)O. The van der Waals surface area contributed by atoms with Gasteiger partial charge in [0.1, 0.15) is 0 Å². The molecule has 0 amide bonds. The summed E-state index contributed by atoms with van der Waals surface area (Å²) < 4.78 is 0. The Morgan fingerprint density at radius 3 is 1.46 bits per heavy atom. The van der Waals surface area contributed by atoms with E-state index in [0.29, 0.717) is 6.42 Å². The summed E-state index contributed by atoms with van der Waals surface area (Å²) in [6.07, 6.45) is 29.2. The number of allylic oxidation sites excluding steroid dienone is 6. The van der Waals surface area contributed by atoms with E-state index in [0.717, 1.165) is 51.4 Å². The Bertz CT molecular complexity index is 353. The molecule has 0 atom stereocenters. The van der Waals surface area contributed by atoms with Crippen molar-refractivity contribution in [2.45, 2.75) is 96.8 Å². The summed E-state index contributed by atoms with van der Waals surface area (Å²) >= 11 is 0. The van der Waals surface area contributed by atoms with Crippen LogP contribution >= 0.6 is 0 Å². The Morgan fingerprint density at radius 2 is 1.04 bits per heavy atom. The van der Waals surface area contributed by atoms with Gasteiger partial charge < -0.3 is 5.11 Å². The molecule has 0 aromatic carbocycles. The predicted molar refractivity (Wildman–Crippen MR) is 105 cm³/mol. The Hall–Kier alpha value is -1.31. The molecule has 0 fully saturated rings. The van der Waals surface area contributed by atoms with Crippen molar-refractivity contribution in [3.63, 3.8) is 0 Å². The lowest BCUT2D eigenvalue weighted by Crippen LogP contribution is -1.93. The van der Waals surface area contributed by atoms with Crippen molar-refractivity contribution in [3.8, 4) is 0 Å². The molecule has 0 bridgehead atoms. The molecule has 0 rings (SSSR count). The van der Waals surface area contributed by atoms with Crippen LogP contribution in [0.1, 0.15) is 96.8 Å². The molecule has 24 heavy (non-hydrogen) atoms. The lowest BCUT2D eigenvalue weighted by Gasteiger charge is -1.95. The first-order chi connectivity index (χ1) is 11.8. The molecular formula is C22H38O2. The number of carboxylic acids is 1. The minimum absolute atomic E-state index is 0.308. The van der Waals surface area contributed by atoms with Crippen LogP contribution in [0.2, 0.25) is 0 Å². The van der Waals surface area contributed by atoms with Gasteiger partial charge in [-0.1, -0.05) is 69.1 Å². The van der Waals surface area contributed by atoms with Gasteiger partial charge in [-0.25, -0.2) is 0 Å². The van der Waals surface area contributed by atoms with Crippen LogP contribution < -0.4 is 0 Å². The molecule has 0 aliphatic rings. The Kier molecular flexibility index (Phi) is 18.7. The molecule has 0 spiro atoms. The number of rotatable bonds is 17. The van der Waals surface area contributed by atoms with Gasteiger partial charge in [-0.15, -0.1) is 0 Å². The second-order valence-corrected chi connectivity index (χ2v) is 6.41. The van der Waals surface area contributed by atoms with Crippen LogP contribution in [0.15, 0.2) is 36.5 Å². The third kappa shape index (κ3) is 20.7. The fourth-order valence-electron chi connectivity index (χ4n) is 2.50. The van der Waals surface area contributed by atoms with E-state index in [4.69, 9.17) is 5.11 Å². The van der Waals surface area contributed by atoms with Crippen LogP contribution in [0.4, 0.5) is 0 Å². The summed E-state index contributed by atoms with van der Waals surface area (Å²) in [4.78, 5) is 10.4. The second kappa shape index (κ2) is 19.7. The predicted octanol–water partition coefficient (Wildman–Crippen LogP) is 7.22. The van der Waals surface area contributed by atoms with Gasteiger partial charge in [-0.2, -0.15) is 0 Å². The smallest absolute Gasteiger partial charge is 0.303 e. The minimum atomic E-state index is -0.681. The van der Waals surface area contributed by atoms with Gasteiger partial charge in [0.2, 0.25) is 0 Å². The Balaban J connectivity index is 3.27. The molecule has 2 heteroatoms. The van der Waals surface area contributed by atoms with E-state index in [-0.39, 0.29) is 0 Å². The summed E-state index contributed by atoms with van der Waals surface area (Å²) in [5.74, 6) is -0.681. The zero-order valence-corrected chi connectivity index (χ0v) is 15.7. The van der Waals surface area contributed by atoms with Crippen LogP contribution in [-0.4, -0.2) is 11.1 Å². The van der Waals surface area contributed by atoms with Crippen LogP contribution in [0.5, 0.6) is 0 Å². The average molecular weight is 335 g/mol. The van der Waals surface area contributed by atoms with Gasteiger partial charge in [-0.05, 0) is 57.8 Å². The molecule has 0 unspecified atom stereocenters. The van der Waals surface area contributed by atoms with Gasteiger partial charge in [0, 0.05) is 6.42 Å². The van der Waals surface area contributed by atoms with E-state index >= 15 is 0 Å². The number of carboxylic acid groups (broad SMARTS) is 1. The molecular weight excluding hydrogens is 296 g/mol. The van der Waals surface area contributed by atoms with Gasteiger partial charge in [-0.3, -0.25) is 4.79 Å². The topological polar surface area (TPSA) is 37.3 Å². The lowest BCUT2D eigenvalue weighted by atomic mass is 10.1. The summed E-state index contributed by atoms with van der Waals surface area (Å²) in [5.41, 5.74) is 0. The Labute approximate surface area is 149 Å². The number of hydrogen-bond donors (Lipinski definition) is 1. The maximum Gasteiger partial charge on any atom is 0.303 e. The fourth-order valence-corrected chi connectivity index (χ4v) is 2.50. The van der Waals surface area contributed by atoms with Crippen molar-refractivity contribution in [1.29, 1.82) is 0 Å². The monoisotopic (exact) mass is 334 g/mol. The van der Waals surface area contributed by atoms with E-state index in [1.54, 1.807) is 0 Å². The highest BCUT2D eigenvalue weighted by Gasteiger charge is 1.94. The largest absolute Gasteiger partial charge is 0.481 e. The quantitative estimate of drug-likeness (QED) is 0.225. The second-order valence-electron chi connectivity index (χ2n) is 6.41. The van der Waals surface area contributed by atoms with E-state index in [2.05, 4.69) is 43.4 Å². The first-order valence-electron chi connectivity index (χ1n) is 9.94. The molecule has 0 aromatic rings. The van der Waals surface area contributed by atoms with Crippen molar-refractivity contribution >= 4 is 5.97 Å². The highest BCUT2D eigenvalue weighted by molar-refractivity contribution is 5.66. The van der Waals surface area contributed by atoms with E-state index < -0.39 is 5.97 Å². The first kappa shape index (κ1) is 22.7. The molecule has 0 saturated carbocycles. The van der Waals surface area contributed by atoms with Gasteiger partial charge >= 0.3 is 5.97 Å². The lowest BCUT2D eigenvalue weighted by molar-refractivity contribution is -0.137. The fraction of sp³-hybridized carbons (Fsp3) is 0.682. The number of carbonyl (C=O) groups is 1. The number of aliphatic carboxylic acids is 1. The Morgan fingerprint density at radius 1 is 0.625 bits per heavy atom. The van der Waals surface area contributed by atoms with Crippen molar-refractivity contribution in [1.82, 2.24) is 0 Å². The van der Waals surface area contributed by atoms with Crippen molar-refractivity contribution in [2.24, 2.45) is 0 Å². The van der Waals surface area contributed by atoms with Crippen molar-refractivity contribution < 1.29 is 9.90 Å².